The first kappa shape index (κ1) is 14.0. The fraction of sp³-hybridized carbons (Fsp3) is 0.385. The molecular formula is C13H20N4O. The van der Waals surface area contributed by atoms with E-state index in [0.29, 0.717) is 13.0 Å². The average molecular weight is 248 g/mol. The van der Waals surface area contributed by atoms with E-state index in [1.165, 1.54) is 0 Å². The van der Waals surface area contributed by atoms with Crippen LogP contribution in [0.1, 0.15) is 25.3 Å². The summed E-state index contributed by atoms with van der Waals surface area (Å²) in [4.78, 5) is 11.5. The first-order valence-electron chi connectivity index (χ1n) is 6.08. The number of nitrogens with one attached hydrogen (secondary N) is 3. The van der Waals surface area contributed by atoms with E-state index in [4.69, 9.17) is 11.1 Å². The van der Waals surface area contributed by atoms with Gasteiger partial charge in [0.15, 0.2) is 0 Å². The SMILES string of the molecule is CCCCNC(=O)Nc1ccc(CC(=N)N)cc1. The van der Waals surface area contributed by atoms with Crippen LogP contribution >= 0.6 is 0 Å². The highest BCUT2D eigenvalue weighted by Gasteiger charge is 2.01. The summed E-state index contributed by atoms with van der Waals surface area (Å²) in [5.41, 5.74) is 7.01. The maximum Gasteiger partial charge on any atom is 0.319 e. The number of rotatable bonds is 6. The quantitative estimate of drug-likeness (QED) is 0.352. The largest absolute Gasteiger partial charge is 0.387 e. The molecule has 5 N–H and O–H groups in total. The standard InChI is InChI=1S/C13H20N4O/c1-2-3-8-16-13(18)17-11-6-4-10(5-7-11)9-12(14)15/h4-7H,2-3,8-9H2,1H3,(H3,14,15)(H2,16,17,18). The van der Waals surface area contributed by atoms with Crippen molar-refractivity contribution >= 4 is 17.6 Å². The van der Waals surface area contributed by atoms with Crippen LogP contribution in [0.15, 0.2) is 24.3 Å². The Kier molecular flexibility index (Phi) is 5.70. The molecule has 0 atom stereocenters. The summed E-state index contributed by atoms with van der Waals surface area (Å²) < 4.78 is 0. The smallest absolute Gasteiger partial charge is 0.319 e. The number of hydrogen-bond acceptors (Lipinski definition) is 2. The number of unbranched alkanes of at least 4 members (excludes halogenated alkanes) is 1. The Morgan fingerprint density at radius 3 is 2.56 bits per heavy atom. The Balaban J connectivity index is 2.43. The van der Waals surface area contributed by atoms with Crippen LogP contribution < -0.4 is 16.4 Å². The lowest BCUT2D eigenvalue weighted by Crippen LogP contribution is -2.29. The Morgan fingerprint density at radius 2 is 2.00 bits per heavy atom. The molecule has 0 spiro atoms. The van der Waals surface area contributed by atoms with Crippen molar-refractivity contribution in [1.29, 1.82) is 5.41 Å². The van der Waals surface area contributed by atoms with E-state index >= 15 is 0 Å². The molecule has 0 aliphatic heterocycles. The van der Waals surface area contributed by atoms with E-state index in [0.717, 1.165) is 24.1 Å². The highest BCUT2D eigenvalue weighted by Crippen LogP contribution is 2.09. The Bertz CT molecular complexity index is 400. The lowest BCUT2D eigenvalue weighted by Gasteiger charge is -2.07. The molecular weight excluding hydrogens is 228 g/mol. The van der Waals surface area contributed by atoms with Crippen LogP contribution in [0, 0.1) is 5.41 Å². The molecule has 5 nitrogen and oxygen atoms in total. The maximum absolute atomic E-state index is 11.5. The van der Waals surface area contributed by atoms with E-state index in [-0.39, 0.29) is 11.9 Å². The molecule has 0 bridgehead atoms. The Hall–Kier alpha value is -2.04. The second kappa shape index (κ2) is 7.32. The third kappa shape index (κ3) is 5.34. The molecule has 0 radical (unpaired) electrons. The molecule has 0 aliphatic rings. The summed E-state index contributed by atoms with van der Waals surface area (Å²) >= 11 is 0. The van der Waals surface area contributed by atoms with Gasteiger partial charge in [0.2, 0.25) is 0 Å². The van der Waals surface area contributed by atoms with Crippen LogP contribution in [0.4, 0.5) is 10.5 Å². The van der Waals surface area contributed by atoms with Gasteiger partial charge in [0.1, 0.15) is 0 Å². The van der Waals surface area contributed by atoms with Crippen LogP contribution in [0.25, 0.3) is 0 Å². The van der Waals surface area contributed by atoms with Gasteiger partial charge in [-0.3, -0.25) is 5.41 Å². The van der Waals surface area contributed by atoms with Gasteiger partial charge in [-0.25, -0.2) is 4.79 Å². The summed E-state index contributed by atoms with van der Waals surface area (Å²) in [5, 5.41) is 12.7. The van der Waals surface area contributed by atoms with Crippen LogP contribution in [0.3, 0.4) is 0 Å². The Morgan fingerprint density at radius 1 is 1.33 bits per heavy atom. The van der Waals surface area contributed by atoms with E-state index in [1.54, 1.807) is 12.1 Å². The van der Waals surface area contributed by atoms with Gasteiger partial charge in [0, 0.05) is 18.7 Å². The molecule has 0 unspecified atom stereocenters. The summed E-state index contributed by atoms with van der Waals surface area (Å²) in [6.45, 7) is 2.76. The van der Waals surface area contributed by atoms with Gasteiger partial charge in [0.05, 0.1) is 5.84 Å². The molecule has 1 aromatic rings. The number of amidine groups is 1. The molecule has 0 saturated heterocycles. The van der Waals surface area contributed by atoms with Crippen molar-refractivity contribution in [2.75, 3.05) is 11.9 Å². The number of benzene rings is 1. The van der Waals surface area contributed by atoms with Crippen LogP contribution in [0.2, 0.25) is 0 Å². The Labute approximate surface area is 107 Å². The van der Waals surface area contributed by atoms with Gasteiger partial charge in [0.25, 0.3) is 0 Å². The first-order valence-corrected chi connectivity index (χ1v) is 6.08. The molecule has 0 aliphatic carbocycles. The highest BCUT2D eigenvalue weighted by atomic mass is 16.2. The van der Waals surface area contributed by atoms with Gasteiger partial charge >= 0.3 is 6.03 Å². The zero-order chi connectivity index (χ0) is 13.4. The second-order valence-electron chi connectivity index (χ2n) is 4.13. The number of carbonyl (C=O) groups excluding carboxylic acids is 1. The zero-order valence-electron chi connectivity index (χ0n) is 10.6. The minimum atomic E-state index is -0.192. The number of urea groups is 1. The van der Waals surface area contributed by atoms with Crippen molar-refractivity contribution in [2.45, 2.75) is 26.2 Å². The van der Waals surface area contributed by atoms with E-state index in [9.17, 15) is 4.79 Å². The minimum Gasteiger partial charge on any atom is -0.387 e. The fourth-order valence-corrected chi connectivity index (χ4v) is 1.48. The van der Waals surface area contributed by atoms with E-state index in [1.807, 2.05) is 12.1 Å². The highest BCUT2D eigenvalue weighted by molar-refractivity contribution is 5.89. The summed E-state index contributed by atoms with van der Waals surface area (Å²) in [5.74, 6) is 0.132. The fourth-order valence-electron chi connectivity index (χ4n) is 1.48. The van der Waals surface area contributed by atoms with Crippen LogP contribution in [0.5, 0.6) is 0 Å². The molecule has 0 aromatic heterocycles. The van der Waals surface area contributed by atoms with Crippen LogP contribution in [-0.4, -0.2) is 18.4 Å². The lowest BCUT2D eigenvalue weighted by molar-refractivity contribution is 0.252. The number of anilines is 1. The van der Waals surface area contributed by atoms with Crippen molar-refractivity contribution < 1.29 is 4.79 Å². The summed E-state index contributed by atoms with van der Waals surface area (Å²) in [6.07, 6.45) is 2.47. The third-order valence-corrected chi connectivity index (χ3v) is 2.42. The van der Waals surface area contributed by atoms with Gasteiger partial charge in [-0.05, 0) is 24.1 Å². The minimum absolute atomic E-state index is 0.132. The second-order valence-corrected chi connectivity index (χ2v) is 4.13. The summed E-state index contributed by atoms with van der Waals surface area (Å²) in [7, 11) is 0. The number of amides is 2. The number of hydrogen-bond donors (Lipinski definition) is 4. The molecule has 1 rings (SSSR count). The monoisotopic (exact) mass is 248 g/mol. The third-order valence-electron chi connectivity index (χ3n) is 2.42. The van der Waals surface area contributed by atoms with Crippen LogP contribution in [-0.2, 0) is 6.42 Å². The van der Waals surface area contributed by atoms with Crippen molar-refractivity contribution in [3.8, 4) is 0 Å². The molecule has 18 heavy (non-hydrogen) atoms. The molecule has 2 amide bonds. The molecule has 1 aromatic carbocycles. The van der Waals surface area contributed by atoms with E-state index < -0.39 is 0 Å². The molecule has 0 fully saturated rings. The van der Waals surface area contributed by atoms with E-state index in [2.05, 4.69) is 17.6 Å². The number of nitrogens with two attached hydrogens (primary N) is 1. The molecule has 5 heteroatoms. The molecule has 0 heterocycles. The van der Waals surface area contributed by atoms with Gasteiger partial charge in [-0.15, -0.1) is 0 Å². The first-order chi connectivity index (χ1) is 8.61. The zero-order valence-corrected chi connectivity index (χ0v) is 10.6. The van der Waals surface area contributed by atoms with Gasteiger partial charge in [-0.1, -0.05) is 25.5 Å². The lowest BCUT2D eigenvalue weighted by atomic mass is 10.1. The topological polar surface area (TPSA) is 91.0 Å². The van der Waals surface area contributed by atoms with Gasteiger partial charge < -0.3 is 16.4 Å². The van der Waals surface area contributed by atoms with Crippen molar-refractivity contribution in [3.63, 3.8) is 0 Å². The summed E-state index contributed by atoms with van der Waals surface area (Å²) in [6, 6.07) is 7.12. The predicted molar refractivity (Wildman–Crippen MR) is 74.0 cm³/mol. The normalized spacial score (nSPS) is 9.83. The molecule has 0 saturated carbocycles. The van der Waals surface area contributed by atoms with Crippen molar-refractivity contribution in [3.05, 3.63) is 29.8 Å². The predicted octanol–water partition coefficient (Wildman–Crippen LogP) is 2.09. The molecule has 98 valence electrons. The average Bonchev–Trinajstić information content (AvgIpc) is 2.31. The van der Waals surface area contributed by atoms with Crippen molar-refractivity contribution in [2.24, 2.45) is 5.73 Å². The number of carbonyl (C=O) groups is 1. The van der Waals surface area contributed by atoms with Crippen molar-refractivity contribution in [1.82, 2.24) is 5.32 Å². The maximum atomic E-state index is 11.5. The van der Waals surface area contributed by atoms with Gasteiger partial charge in [-0.2, -0.15) is 0 Å².